The maximum atomic E-state index is 9.38. The Morgan fingerprint density at radius 3 is 2.50 bits per heavy atom. The molecule has 2 nitrogen and oxygen atoms in total. The Hall–Kier alpha value is -0.860. The van der Waals surface area contributed by atoms with E-state index in [9.17, 15) is 10.2 Å². The summed E-state index contributed by atoms with van der Waals surface area (Å²) < 4.78 is 0. The molecule has 0 saturated heterocycles. The lowest BCUT2D eigenvalue weighted by Gasteiger charge is -2.28. The molecule has 1 aliphatic rings. The van der Waals surface area contributed by atoms with Crippen LogP contribution in [0.1, 0.15) is 17.5 Å². The van der Waals surface area contributed by atoms with E-state index in [1.807, 2.05) is 24.3 Å². The smallest absolute Gasteiger partial charge is 0.166 e. The predicted molar refractivity (Wildman–Crippen MR) is 45.6 cm³/mol. The van der Waals surface area contributed by atoms with E-state index in [0.29, 0.717) is 12.8 Å². The monoisotopic (exact) mass is 164 g/mol. The number of fused-ring (bicyclic) bond motifs is 1. The lowest BCUT2D eigenvalue weighted by atomic mass is 9.88. The molecule has 0 atom stereocenters. The van der Waals surface area contributed by atoms with E-state index in [-0.39, 0.29) is 0 Å². The molecule has 0 heterocycles. The predicted octanol–water partition coefficient (Wildman–Crippen LogP) is 0.856. The Labute approximate surface area is 71.5 Å². The van der Waals surface area contributed by atoms with E-state index in [4.69, 9.17) is 0 Å². The first-order valence-electron chi connectivity index (χ1n) is 4.19. The largest absolute Gasteiger partial charge is 0.365 e. The Kier molecular flexibility index (Phi) is 1.67. The fourth-order valence-electron chi connectivity index (χ4n) is 1.70. The number of rotatable bonds is 0. The van der Waals surface area contributed by atoms with Crippen LogP contribution >= 0.6 is 0 Å². The summed E-state index contributed by atoms with van der Waals surface area (Å²) >= 11 is 0. The third kappa shape index (κ3) is 1.36. The molecule has 2 N–H and O–H groups in total. The highest BCUT2D eigenvalue weighted by atomic mass is 16.5. The second-order valence-electron chi connectivity index (χ2n) is 3.43. The van der Waals surface area contributed by atoms with Gasteiger partial charge in [0.1, 0.15) is 0 Å². The average molecular weight is 164 g/mol. The van der Waals surface area contributed by atoms with Crippen LogP contribution in [0.4, 0.5) is 0 Å². The van der Waals surface area contributed by atoms with Gasteiger partial charge in [0.15, 0.2) is 5.79 Å². The first-order valence-corrected chi connectivity index (χ1v) is 4.19. The van der Waals surface area contributed by atoms with Gasteiger partial charge in [0, 0.05) is 12.8 Å². The summed E-state index contributed by atoms with van der Waals surface area (Å²) in [6.45, 7) is 0. The van der Waals surface area contributed by atoms with E-state index in [0.717, 1.165) is 12.0 Å². The minimum atomic E-state index is -1.48. The van der Waals surface area contributed by atoms with Gasteiger partial charge in [-0.2, -0.15) is 0 Å². The molecule has 0 unspecified atom stereocenters. The van der Waals surface area contributed by atoms with Gasteiger partial charge in [-0.05, 0) is 17.5 Å². The zero-order valence-electron chi connectivity index (χ0n) is 6.83. The molecular formula is C10H12O2. The zero-order valence-corrected chi connectivity index (χ0v) is 6.83. The Morgan fingerprint density at radius 1 is 1.08 bits per heavy atom. The topological polar surface area (TPSA) is 40.5 Å². The molecule has 1 aliphatic carbocycles. The number of aryl methyl sites for hydroxylation is 1. The highest BCUT2D eigenvalue weighted by molar-refractivity contribution is 5.30. The molecule has 1 aromatic carbocycles. The summed E-state index contributed by atoms with van der Waals surface area (Å²) in [5, 5.41) is 18.8. The third-order valence-corrected chi connectivity index (χ3v) is 2.39. The number of hydrogen-bond acceptors (Lipinski definition) is 2. The maximum absolute atomic E-state index is 9.38. The van der Waals surface area contributed by atoms with E-state index < -0.39 is 5.79 Å². The molecular weight excluding hydrogens is 152 g/mol. The van der Waals surface area contributed by atoms with E-state index in [1.165, 1.54) is 5.56 Å². The summed E-state index contributed by atoms with van der Waals surface area (Å²) in [5.41, 5.74) is 2.31. The first kappa shape index (κ1) is 7.77. The van der Waals surface area contributed by atoms with E-state index in [2.05, 4.69) is 0 Å². The van der Waals surface area contributed by atoms with Gasteiger partial charge >= 0.3 is 0 Å². The molecule has 2 rings (SSSR count). The molecule has 0 bridgehead atoms. The number of aliphatic hydroxyl groups is 2. The van der Waals surface area contributed by atoms with Crippen molar-refractivity contribution >= 4 is 0 Å². The number of benzene rings is 1. The quantitative estimate of drug-likeness (QED) is 0.558. The molecule has 12 heavy (non-hydrogen) atoms. The molecule has 0 radical (unpaired) electrons. The van der Waals surface area contributed by atoms with E-state index in [1.54, 1.807) is 0 Å². The maximum Gasteiger partial charge on any atom is 0.166 e. The minimum Gasteiger partial charge on any atom is -0.365 e. The molecule has 2 heteroatoms. The SMILES string of the molecule is OC1(O)CCc2ccccc2C1. The van der Waals surface area contributed by atoms with Crippen molar-refractivity contribution < 1.29 is 10.2 Å². The van der Waals surface area contributed by atoms with Crippen molar-refractivity contribution in [2.45, 2.75) is 25.0 Å². The second-order valence-corrected chi connectivity index (χ2v) is 3.43. The van der Waals surface area contributed by atoms with Crippen LogP contribution in [0, 0.1) is 0 Å². The Balaban J connectivity index is 2.35. The van der Waals surface area contributed by atoms with Gasteiger partial charge in [-0.25, -0.2) is 0 Å². The van der Waals surface area contributed by atoms with Crippen LogP contribution in [0.5, 0.6) is 0 Å². The van der Waals surface area contributed by atoms with Crippen molar-refractivity contribution in [2.75, 3.05) is 0 Å². The van der Waals surface area contributed by atoms with Gasteiger partial charge in [-0.15, -0.1) is 0 Å². The lowest BCUT2D eigenvalue weighted by Crippen LogP contribution is -2.35. The van der Waals surface area contributed by atoms with Crippen LogP contribution in [0.3, 0.4) is 0 Å². The summed E-state index contributed by atoms with van der Waals surface area (Å²) in [6.07, 6.45) is 1.58. The van der Waals surface area contributed by atoms with Crippen LogP contribution in [0.15, 0.2) is 24.3 Å². The van der Waals surface area contributed by atoms with Crippen LogP contribution in [-0.2, 0) is 12.8 Å². The van der Waals surface area contributed by atoms with Gasteiger partial charge in [0.2, 0.25) is 0 Å². The molecule has 64 valence electrons. The van der Waals surface area contributed by atoms with Crippen molar-refractivity contribution in [3.8, 4) is 0 Å². The fraction of sp³-hybridized carbons (Fsp3) is 0.400. The molecule has 0 spiro atoms. The van der Waals surface area contributed by atoms with Gasteiger partial charge in [-0.1, -0.05) is 24.3 Å². The van der Waals surface area contributed by atoms with Crippen LogP contribution in [0.25, 0.3) is 0 Å². The van der Waals surface area contributed by atoms with E-state index >= 15 is 0 Å². The summed E-state index contributed by atoms with van der Waals surface area (Å²) in [7, 11) is 0. The lowest BCUT2D eigenvalue weighted by molar-refractivity contribution is -0.167. The van der Waals surface area contributed by atoms with Crippen molar-refractivity contribution in [2.24, 2.45) is 0 Å². The molecule has 0 amide bonds. The molecule has 0 saturated carbocycles. The molecule has 0 fully saturated rings. The Bertz CT molecular complexity index is 292. The van der Waals surface area contributed by atoms with Gasteiger partial charge < -0.3 is 10.2 Å². The number of hydrogen-bond donors (Lipinski definition) is 2. The van der Waals surface area contributed by atoms with Crippen molar-refractivity contribution in [1.82, 2.24) is 0 Å². The Morgan fingerprint density at radius 2 is 1.75 bits per heavy atom. The standard InChI is InChI=1S/C10H12O2/c11-10(12)6-5-8-3-1-2-4-9(8)7-10/h1-4,11-12H,5-7H2. The van der Waals surface area contributed by atoms with Crippen LogP contribution in [-0.4, -0.2) is 16.0 Å². The molecule has 0 aromatic heterocycles. The minimum absolute atomic E-state index is 0.364. The first-order chi connectivity index (χ1) is 5.67. The van der Waals surface area contributed by atoms with Gasteiger partial charge in [0.05, 0.1) is 0 Å². The summed E-state index contributed by atoms with van der Waals surface area (Å²) in [5.74, 6) is -1.48. The highest BCUT2D eigenvalue weighted by Crippen LogP contribution is 2.26. The van der Waals surface area contributed by atoms with Gasteiger partial charge in [-0.3, -0.25) is 0 Å². The molecule has 0 aliphatic heterocycles. The van der Waals surface area contributed by atoms with Crippen LogP contribution in [0.2, 0.25) is 0 Å². The van der Waals surface area contributed by atoms with Crippen LogP contribution < -0.4 is 0 Å². The van der Waals surface area contributed by atoms with Gasteiger partial charge in [0.25, 0.3) is 0 Å². The average Bonchev–Trinajstić information content (AvgIpc) is 2.02. The third-order valence-electron chi connectivity index (χ3n) is 2.39. The molecule has 1 aromatic rings. The van der Waals surface area contributed by atoms with Crippen molar-refractivity contribution in [3.05, 3.63) is 35.4 Å². The van der Waals surface area contributed by atoms with Crippen molar-refractivity contribution in [3.63, 3.8) is 0 Å². The highest BCUT2D eigenvalue weighted by Gasteiger charge is 2.28. The fourth-order valence-corrected chi connectivity index (χ4v) is 1.70. The summed E-state index contributed by atoms with van der Waals surface area (Å²) in [4.78, 5) is 0. The van der Waals surface area contributed by atoms with Crippen molar-refractivity contribution in [1.29, 1.82) is 0 Å². The second kappa shape index (κ2) is 2.57. The zero-order chi connectivity index (χ0) is 8.60. The normalized spacial score (nSPS) is 20.2. The summed E-state index contributed by atoms with van der Waals surface area (Å²) in [6, 6.07) is 7.92.